The smallest absolute Gasteiger partial charge is 0.407 e. The van der Waals surface area contributed by atoms with Crippen molar-refractivity contribution < 1.29 is 14.3 Å². The number of rotatable bonds is 6. The fourth-order valence-electron chi connectivity index (χ4n) is 5.78. The van der Waals surface area contributed by atoms with Crippen molar-refractivity contribution in [1.82, 2.24) is 24.3 Å². The number of amides is 2. The number of carbonyl (C=O) groups excluding carboxylic acids is 2. The predicted molar refractivity (Wildman–Crippen MR) is 161 cm³/mol. The number of piperidine rings is 1. The van der Waals surface area contributed by atoms with Gasteiger partial charge in [-0.15, -0.1) is 0 Å². The van der Waals surface area contributed by atoms with Crippen LogP contribution < -0.4 is 5.32 Å². The fraction of sp³-hybridized carbons (Fsp3) is 0.424. The molecular formula is C33H39N5O3. The van der Waals surface area contributed by atoms with Crippen LogP contribution in [0.5, 0.6) is 0 Å². The number of carbonyl (C=O) groups is 2. The summed E-state index contributed by atoms with van der Waals surface area (Å²) in [5.74, 6) is 1.56. The number of imidazole rings is 1. The molecule has 8 heteroatoms. The van der Waals surface area contributed by atoms with Gasteiger partial charge in [0.2, 0.25) is 0 Å². The molecule has 3 heterocycles. The number of hydrogen-bond acceptors (Lipinski definition) is 4. The van der Waals surface area contributed by atoms with Gasteiger partial charge in [0.05, 0.1) is 16.7 Å². The normalized spacial score (nSPS) is 17.6. The van der Waals surface area contributed by atoms with Gasteiger partial charge in [0, 0.05) is 44.0 Å². The number of aryl methyl sites for hydroxylation is 1. The van der Waals surface area contributed by atoms with Crippen LogP contribution in [0.2, 0.25) is 0 Å². The highest BCUT2D eigenvalue weighted by atomic mass is 16.6. The molecule has 2 fully saturated rings. The van der Waals surface area contributed by atoms with Crippen LogP contribution in [0.4, 0.5) is 4.79 Å². The van der Waals surface area contributed by atoms with Crippen LogP contribution in [0.15, 0.2) is 60.7 Å². The van der Waals surface area contributed by atoms with E-state index >= 15 is 0 Å². The van der Waals surface area contributed by atoms with Crippen LogP contribution in [0, 0.1) is 5.92 Å². The summed E-state index contributed by atoms with van der Waals surface area (Å²) in [6, 6.07) is 20.5. The second-order valence-electron chi connectivity index (χ2n) is 12.5. The average molecular weight is 554 g/mol. The molecule has 2 aromatic heterocycles. The second-order valence-corrected chi connectivity index (χ2v) is 12.5. The summed E-state index contributed by atoms with van der Waals surface area (Å²) in [6.45, 7) is 7.63. The molecule has 2 amide bonds. The van der Waals surface area contributed by atoms with E-state index in [0.29, 0.717) is 24.6 Å². The Hall–Kier alpha value is -4.07. The Morgan fingerprint density at radius 3 is 2.49 bits per heavy atom. The van der Waals surface area contributed by atoms with Crippen LogP contribution >= 0.6 is 0 Å². The maximum atomic E-state index is 13.6. The minimum absolute atomic E-state index is 0.0433. The van der Waals surface area contributed by atoms with Gasteiger partial charge in [0.25, 0.3) is 5.91 Å². The third-order valence-electron chi connectivity index (χ3n) is 7.97. The number of likely N-dealkylation sites (tertiary alicyclic amines) is 1. The number of hydrogen-bond donors (Lipinski definition) is 1. The third kappa shape index (κ3) is 5.87. The lowest BCUT2D eigenvalue weighted by Crippen LogP contribution is -2.50. The van der Waals surface area contributed by atoms with Crippen LogP contribution in [0.1, 0.15) is 56.8 Å². The lowest BCUT2D eigenvalue weighted by molar-refractivity contribution is 0.0452. The first kappa shape index (κ1) is 27.1. The highest BCUT2D eigenvalue weighted by Gasteiger charge is 2.29. The van der Waals surface area contributed by atoms with E-state index in [-0.39, 0.29) is 11.9 Å². The molecule has 8 nitrogen and oxygen atoms in total. The number of aromatic nitrogens is 3. The van der Waals surface area contributed by atoms with Crippen LogP contribution in [0.3, 0.4) is 0 Å². The van der Waals surface area contributed by atoms with E-state index in [4.69, 9.17) is 9.72 Å². The number of nitrogens with zero attached hydrogens (tertiary/aromatic N) is 4. The minimum Gasteiger partial charge on any atom is -0.444 e. The summed E-state index contributed by atoms with van der Waals surface area (Å²) in [6.07, 6.45) is 3.73. The summed E-state index contributed by atoms with van der Waals surface area (Å²) in [5.41, 5.74) is 5.33. The maximum absolute atomic E-state index is 13.6. The molecule has 2 aromatic carbocycles. The van der Waals surface area contributed by atoms with E-state index in [0.717, 1.165) is 41.9 Å². The van der Waals surface area contributed by atoms with Gasteiger partial charge in [-0.2, -0.15) is 0 Å². The monoisotopic (exact) mass is 553 g/mol. The Labute approximate surface area is 241 Å². The van der Waals surface area contributed by atoms with Crippen molar-refractivity contribution in [2.24, 2.45) is 13.0 Å². The maximum Gasteiger partial charge on any atom is 0.407 e. The number of fused-ring (bicyclic) bond motifs is 1. The molecule has 0 spiro atoms. The molecule has 1 aliphatic carbocycles. The summed E-state index contributed by atoms with van der Waals surface area (Å²) in [7, 11) is 2.04. The zero-order valence-electron chi connectivity index (χ0n) is 24.4. The Balaban J connectivity index is 1.25. The number of benzene rings is 2. The van der Waals surface area contributed by atoms with Gasteiger partial charge in [-0.25, -0.2) is 9.78 Å². The average Bonchev–Trinajstić information content (AvgIpc) is 3.58. The van der Waals surface area contributed by atoms with Gasteiger partial charge in [0.15, 0.2) is 5.82 Å². The molecule has 1 atom stereocenters. The van der Waals surface area contributed by atoms with Crippen molar-refractivity contribution in [2.45, 2.75) is 64.6 Å². The zero-order valence-corrected chi connectivity index (χ0v) is 24.4. The van der Waals surface area contributed by atoms with E-state index < -0.39 is 11.7 Å². The Morgan fingerprint density at radius 1 is 1.00 bits per heavy atom. The fourth-order valence-corrected chi connectivity index (χ4v) is 5.78. The minimum atomic E-state index is -0.562. The highest BCUT2D eigenvalue weighted by molar-refractivity contribution is 5.98. The summed E-state index contributed by atoms with van der Waals surface area (Å²) in [4.78, 5) is 32.7. The van der Waals surface area contributed by atoms with Gasteiger partial charge in [-0.1, -0.05) is 30.3 Å². The van der Waals surface area contributed by atoms with Crippen LogP contribution in [-0.2, 0) is 18.3 Å². The lowest BCUT2D eigenvalue weighted by Gasteiger charge is -2.33. The molecule has 2 aliphatic rings. The molecule has 0 bridgehead atoms. The largest absolute Gasteiger partial charge is 0.444 e. The van der Waals surface area contributed by atoms with Gasteiger partial charge in [-0.3, -0.25) is 4.79 Å². The standard InChI is InChI=1S/C33H39N5O3/c1-33(2,3)41-32(40)34-25-11-8-18-37(21-25)31(39)24-14-15-28-26(19-24)35-30(36(28)4)29-17-16-27(23-9-6-5-7-10-23)38(29)20-22-12-13-22/h5-7,9-10,14-17,19,22,25H,8,11-13,18,20-21H2,1-4H3,(H,34,40)/t25-/m1/s1. The molecule has 1 aliphatic heterocycles. The van der Waals surface area contributed by atoms with Crippen LogP contribution in [0.25, 0.3) is 33.8 Å². The number of alkyl carbamates (subject to hydrolysis) is 1. The Kier molecular flexibility index (Phi) is 7.09. The lowest BCUT2D eigenvalue weighted by atomic mass is 10.0. The van der Waals surface area contributed by atoms with E-state index in [9.17, 15) is 9.59 Å². The SMILES string of the molecule is Cn1c(-c2ccc(-c3ccccc3)n2CC2CC2)nc2cc(C(=O)N3CCC[C@@H](NC(=O)OC(C)(C)C)C3)ccc21. The van der Waals surface area contributed by atoms with Gasteiger partial charge in [-0.05, 0) is 88.3 Å². The van der Waals surface area contributed by atoms with E-state index in [1.54, 1.807) is 0 Å². The van der Waals surface area contributed by atoms with Gasteiger partial charge >= 0.3 is 6.09 Å². The summed E-state index contributed by atoms with van der Waals surface area (Å²) < 4.78 is 9.95. The first-order chi connectivity index (χ1) is 19.7. The molecule has 1 N–H and O–H groups in total. The van der Waals surface area contributed by atoms with Crippen LogP contribution in [-0.4, -0.2) is 55.8 Å². The van der Waals surface area contributed by atoms with Crippen molar-refractivity contribution in [1.29, 1.82) is 0 Å². The van der Waals surface area contributed by atoms with Crippen molar-refractivity contribution >= 4 is 23.0 Å². The molecule has 1 saturated heterocycles. The molecule has 1 saturated carbocycles. The van der Waals surface area contributed by atoms with Crippen molar-refractivity contribution in [2.75, 3.05) is 13.1 Å². The summed E-state index contributed by atoms with van der Waals surface area (Å²) >= 11 is 0. The van der Waals surface area contributed by atoms with Crippen molar-refractivity contribution in [3.05, 3.63) is 66.2 Å². The first-order valence-corrected chi connectivity index (χ1v) is 14.7. The number of ether oxygens (including phenoxy) is 1. The van der Waals surface area contributed by atoms with E-state index in [1.165, 1.54) is 24.1 Å². The molecule has 6 rings (SSSR count). The van der Waals surface area contributed by atoms with Gasteiger partial charge < -0.3 is 24.1 Å². The predicted octanol–water partition coefficient (Wildman–Crippen LogP) is 6.25. The zero-order chi connectivity index (χ0) is 28.7. The highest BCUT2D eigenvalue weighted by Crippen LogP contribution is 2.37. The quantitative estimate of drug-likeness (QED) is 0.306. The molecule has 214 valence electrons. The molecule has 4 aromatic rings. The van der Waals surface area contributed by atoms with E-state index in [1.807, 2.05) is 57.0 Å². The van der Waals surface area contributed by atoms with Gasteiger partial charge in [0.1, 0.15) is 5.60 Å². The van der Waals surface area contributed by atoms with Crippen molar-refractivity contribution in [3.8, 4) is 22.8 Å². The number of nitrogens with one attached hydrogen (secondary N) is 1. The topological polar surface area (TPSA) is 81.4 Å². The van der Waals surface area contributed by atoms with E-state index in [2.05, 4.69) is 50.8 Å². The third-order valence-corrected chi connectivity index (χ3v) is 7.97. The summed E-state index contributed by atoms with van der Waals surface area (Å²) in [5, 5.41) is 2.93. The molecular weight excluding hydrogens is 514 g/mol. The second kappa shape index (κ2) is 10.7. The van der Waals surface area contributed by atoms with Crippen molar-refractivity contribution in [3.63, 3.8) is 0 Å². The molecule has 41 heavy (non-hydrogen) atoms. The molecule has 0 unspecified atom stereocenters. The molecule has 0 radical (unpaired) electrons. The Bertz CT molecular complexity index is 1580. The Morgan fingerprint density at radius 2 is 1.76 bits per heavy atom. The first-order valence-electron chi connectivity index (χ1n) is 14.7.